The van der Waals surface area contributed by atoms with Crippen molar-refractivity contribution in [1.82, 2.24) is 9.21 Å². The largest absolute Gasteiger partial charge is 0.475 e. The van der Waals surface area contributed by atoms with Gasteiger partial charge in [-0.1, -0.05) is 0 Å². The van der Waals surface area contributed by atoms with E-state index in [2.05, 4.69) is 4.90 Å². The zero-order valence-corrected chi connectivity index (χ0v) is 12.5. The fourth-order valence-electron chi connectivity index (χ4n) is 2.43. The van der Waals surface area contributed by atoms with Gasteiger partial charge in [-0.05, 0) is 20.9 Å². The number of furan rings is 1. The van der Waals surface area contributed by atoms with Gasteiger partial charge in [0.2, 0.25) is 15.8 Å². The maximum atomic E-state index is 12.6. The van der Waals surface area contributed by atoms with Crippen LogP contribution in [0.1, 0.15) is 23.2 Å². The normalized spacial score (nSPS) is 22.1. The van der Waals surface area contributed by atoms with Crippen LogP contribution in [-0.2, 0) is 10.0 Å². The van der Waals surface area contributed by atoms with Crippen LogP contribution < -0.4 is 0 Å². The number of nitrogens with zero attached hydrogens (tertiary/aromatic N) is 2. The van der Waals surface area contributed by atoms with Gasteiger partial charge in [-0.15, -0.1) is 0 Å². The van der Waals surface area contributed by atoms with Crippen molar-refractivity contribution in [2.75, 3.05) is 26.7 Å². The summed E-state index contributed by atoms with van der Waals surface area (Å²) in [5.41, 5.74) is 0. The SMILES string of the molecule is Cc1oc(C(=O)O)cc1S(=O)(=O)N1CCN(C)CC1C. The van der Waals surface area contributed by atoms with Crippen LogP contribution in [0.5, 0.6) is 0 Å². The van der Waals surface area contributed by atoms with Gasteiger partial charge in [-0.25, -0.2) is 13.2 Å². The summed E-state index contributed by atoms with van der Waals surface area (Å²) in [5, 5.41) is 8.88. The number of aromatic carboxylic acids is 1. The molecule has 1 aromatic rings. The third kappa shape index (κ3) is 2.58. The second kappa shape index (κ2) is 5.19. The second-order valence-corrected chi connectivity index (χ2v) is 6.92. The first-order chi connectivity index (χ1) is 9.23. The number of carboxylic acids is 1. The Balaban J connectivity index is 2.37. The second-order valence-electron chi connectivity index (χ2n) is 5.06. The van der Waals surface area contributed by atoms with E-state index in [1.807, 2.05) is 14.0 Å². The van der Waals surface area contributed by atoms with E-state index in [-0.39, 0.29) is 22.5 Å². The summed E-state index contributed by atoms with van der Waals surface area (Å²) in [6.45, 7) is 4.96. The van der Waals surface area contributed by atoms with E-state index < -0.39 is 16.0 Å². The summed E-state index contributed by atoms with van der Waals surface area (Å²) in [4.78, 5) is 12.9. The highest BCUT2D eigenvalue weighted by atomic mass is 32.2. The number of hydrogen-bond acceptors (Lipinski definition) is 5. The van der Waals surface area contributed by atoms with E-state index in [1.54, 1.807) is 0 Å². The van der Waals surface area contributed by atoms with Gasteiger partial charge in [-0.3, -0.25) is 0 Å². The molecule has 0 aliphatic carbocycles. The highest BCUT2D eigenvalue weighted by molar-refractivity contribution is 7.89. The summed E-state index contributed by atoms with van der Waals surface area (Å²) in [6, 6.07) is 0.916. The molecule has 0 saturated carbocycles. The van der Waals surface area contributed by atoms with Gasteiger partial charge in [0.15, 0.2) is 0 Å². The van der Waals surface area contributed by atoms with Gasteiger partial charge in [-0.2, -0.15) is 4.31 Å². The molecule has 0 bridgehead atoms. The molecule has 1 saturated heterocycles. The van der Waals surface area contributed by atoms with E-state index >= 15 is 0 Å². The van der Waals surface area contributed by atoms with E-state index in [0.717, 1.165) is 6.07 Å². The first-order valence-corrected chi connectivity index (χ1v) is 7.71. The summed E-state index contributed by atoms with van der Waals surface area (Å²) < 4.78 is 31.6. The van der Waals surface area contributed by atoms with Crippen molar-refractivity contribution >= 4 is 16.0 Å². The molecule has 0 amide bonds. The molecule has 2 heterocycles. The first-order valence-electron chi connectivity index (χ1n) is 6.27. The zero-order chi connectivity index (χ0) is 15.1. The van der Waals surface area contributed by atoms with Crippen LogP contribution in [0.4, 0.5) is 0 Å². The number of carbonyl (C=O) groups is 1. The van der Waals surface area contributed by atoms with Crippen molar-refractivity contribution in [2.24, 2.45) is 0 Å². The smallest absolute Gasteiger partial charge is 0.371 e. The number of carboxylic acid groups (broad SMARTS) is 1. The van der Waals surface area contributed by atoms with Crippen LogP contribution in [0.3, 0.4) is 0 Å². The molecule has 2 rings (SSSR count). The van der Waals surface area contributed by atoms with Crippen LogP contribution in [0.25, 0.3) is 0 Å². The Labute approximate surface area is 117 Å². The molecular weight excluding hydrogens is 284 g/mol. The van der Waals surface area contributed by atoms with Gasteiger partial charge in [0.1, 0.15) is 10.7 Å². The van der Waals surface area contributed by atoms with Gasteiger partial charge in [0.25, 0.3) is 0 Å². The summed E-state index contributed by atoms with van der Waals surface area (Å²) in [7, 11) is -1.79. The first kappa shape index (κ1) is 15.0. The van der Waals surface area contributed by atoms with Gasteiger partial charge >= 0.3 is 5.97 Å². The molecule has 1 atom stereocenters. The lowest BCUT2D eigenvalue weighted by Crippen LogP contribution is -2.52. The maximum Gasteiger partial charge on any atom is 0.371 e. The van der Waals surface area contributed by atoms with E-state index in [1.165, 1.54) is 11.2 Å². The predicted molar refractivity (Wildman–Crippen MR) is 71.3 cm³/mol. The van der Waals surface area contributed by atoms with Crippen LogP contribution >= 0.6 is 0 Å². The molecule has 0 radical (unpaired) electrons. The van der Waals surface area contributed by atoms with Crippen molar-refractivity contribution in [1.29, 1.82) is 0 Å². The molecule has 8 heteroatoms. The van der Waals surface area contributed by atoms with Crippen LogP contribution in [-0.4, -0.2) is 61.4 Å². The van der Waals surface area contributed by atoms with Crippen LogP contribution in [0.15, 0.2) is 15.4 Å². The summed E-state index contributed by atoms with van der Waals surface area (Å²) in [5.74, 6) is -1.53. The van der Waals surface area contributed by atoms with Crippen molar-refractivity contribution < 1.29 is 22.7 Å². The van der Waals surface area contributed by atoms with Crippen LogP contribution in [0, 0.1) is 6.92 Å². The Kier molecular flexibility index (Phi) is 3.90. The quantitative estimate of drug-likeness (QED) is 0.879. The number of likely N-dealkylation sites (N-methyl/N-ethyl adjacent to an activating group) is 1. The van der Waals surface area contributed by atoms with E-state index in [0.29, 0.717) is 19.6 Å². The Morgan fingerprint density at radius 1 is 1.45 bits per heavy atom. The molecule has 20 heavy (non-hydrogen) atoms. The average Bonchev–Trinajstić information content (AvgIpc) is 2.71. The molecule has 1 N–H and O–H groups in total. The topological polar surface area (TPSA) is 91.1 Å². The molecule has 1 unspecified atom stereocenters. The Hall–Kier alpha value is -1.38. The Morgan fingerprint density at radius 3 is 2.60 bits per heavy atom. The average molecular weight is 302 g/mol. The number of rotatable bonds is 3. The predicted octanol–water partition coefficient (Wildman–Crippen LogP) is 0.611. The van der Waals surface area contributed by atoms with Crippen LogP contribution in [0.2, 0.25) is 0 Å². The number of aryl methyl sites for hydroxylation is 1. The molecule has 1 aliphatic rings. The minimum Gasteiger partial charge on any atom is -0.475 e. The zero-order valence-electron chi connectivity index (χ0n) is 11.7. The molecule has 1 fully saturated rings. The highest BCUT2D eigenvalue weighted by Crippen LogP contribution is 2.26. The van der Waals surface area contributed by atoms with Crippen molar-refractivity contribution in [3.63, 3.8) is 0 Å². The molecule has 112 valence electrons. The number of sulfonamides is 1. The Morgan fingerprint density at radius 2 is 2.10 bits per heavy atom. The van der Waals surface area contributed by atoms with Crippen molar-refractivity contribution in [3.8, 4) is 0 Å². The third-order valence-corrected chi connectivity index (χ3v) is 5.56. The van der Waals surface area contributed by atoms with Crippen molar-refractivity contribution in [3.05, 3.63) is 17.6 Å². The minimum atomic E-state index is -3.73. The lowest BCUT2D eigenvalue weighted by atomic mass is 10.2. The van der Waals surface area contributed by atoms with Gasteiger partial charge in [0.05, 0.1) is 0 Å². The maximum absolute atomic E-state index is 12.6. The summed E-state index contributed by atoms with van der Waals surface area (Å²) >= 11 is 0. The number of piperazine rings is 1. The minimum absolute atomic E-state index is 0.0636. The van der Waals surface area contributed by atoms with E-state index in [4.69, 9.17) is 9.52 Å². The summed E-state index contributed by atoms with van der Waals surface area (Å²) in [6.07, 6.45) is 0. The lowest BCUT2D eigenvalue weighted by Gasteiger charge is -2.36. The third-order valence-electron chi connectivity index (χ3n) is 3.44. The van der Waals surface area contributed by atoms with Gasteiger partial charge in [0, 0.05) is 31.7 Å². The number of hydrogen-bond donors (Lipinski definition) is 1. The fraction of sp³-hybridized carbons (Fsp3) is 0.583. The van der Waals surface area contributed by atoms with E-state index in [9.17, 15) is 13.2 Å². The monoisotopic (exact) mass is 302 g/mol. The van der Waals surface area contributed by atoms with Gasteiger partial charge < -0.3 is 14.4 Å². The van der Waals surface area contributed by atoms with Crippen molar-refractivity contribution in [2.45, 2.75) is 24.8 Å². The Bertz CT molecular complexity index is 622. The molecular formula is C12H18N2O5S. The fourth-order valence-corrected chi connectivity index (χ4v) is 4.21. The molecule has 7 nitrogen and oxygen atoms in total. The standard InChI is InChI=1S/C12H18N2O5S/c1-8-7-13(3)4-5-14(8)20(17,18)11-6-10(12(15)16)19-9(11)2/h6,8H,4-5,7H2,1-3H3,(H,15,16). The molecule has 0 spiro atoms. The molecule has 1 aliphatic heterocycles. The lowest BCUT2D eigenvalue weighted by molar-refractivity contribution is 0.0661. The highest BCUT2D eigenvalue weighted by Gasteiger charge is 2.35. The molecule has 0 aromatic carbocycles. The molecule has 1 aromatic heterocycles.